The van der Waals surface area contributed by atoms with Crippen LogP contribution in [-0.2, 0) is 0 Å². The number of carbonyl (C=O) groups excluding carboxylic acids is 1. The fraction of sp³-hybridized carbons (Fsp3) is 0.368. The molecule has 1 amide bonds. The molecule has 0 fully saturated rings. The highest BCUT2D eigenvalue weighted by Crippen LogP contribution is 2.20. The quantitative estimate of drug-likeness (QED) is 0.774. The number of halogens is 1. The molecule has 0 saturated carbocycles. The average Bonchev–Trinajstić information content (AvgIpc) is 2.57. The number of hydrogen-bond donors (Lipinski definition) is 1. The van der Waals surface area contributed by atoms with E-state index in [4.69, 9.17) is 11.6 Å². The number of pyridine rings is 1. The van der Waals surface area contributed by atoms with Crippen molar-refractivity contribution < 1.29 is 4.79 Å². The molecule has 0 bridgehead atoms. The molecule has 0 spiro atoms. The molecule has 4 nitrogen and oxygen atoms in total. The Kier molecular flexibility index (Phi) is 6.62. The normalized spacial score (nSPS) is 10.5. The maximum absolute atomic E-state index is 12.4. The van der Waals surface area contributed by atoms with Gasteiger partial charge in [0.05, 0.1) is 11.9 Å². The van der Waals surface area contributed by atoms with E-state index in [0.717, 1.165) is 42.9 Å². The molecule has 0 aliphatic heterocycles. The van der Waals surface area contributed by atoms with Crippen molar-refractivity contribution >= 4 is 28.9 Å². The maximum Gasteiger partial charge on any atom is 0.274 e. The predicted molar refractivity (Wildman–Crippen MR) is 101 cm³/mol. The van der Waals surface area contributed by atoms with Gasteiger partial charge in [0.25, 0.3) is 5.91 Å². The minimum absolute atomic E-state index is 0.218. The van der Waals surface area contributed by atoms with Gasteiger partial charge in [-0.05, 0) is 55.7 Å². The average molecular weight is 346 g/mol. The van der Waals surface area contributed by atoms with Gasteiger partial charge in [0.2, 0.25) is 0 Å². The summed E-state index contributed by atoms with van der Waals surface area (Å²) in [5, 5.41) is 3.53. The van der Waals surface area contributed by atoms with Gasteiger partial charge in [-0.3, -0.25) is 4.79 Å². The largest absolute Gasteiger partial charge is 0.370 e. The molecular weight excluding hydrogens is 322 g/mol. The van der Waals surface area contributed by atoms with Crippen LogP contribution in [0.5, 0.6) is 0 Å². The van der Waals surface area contributed by atoms with Gasteiger partial charge in [-0.15, -0.1) is 0 Å². The van der Waals surface area contributed by atoms with Gasteiger partial charge in [-0.2, -0.15) is 0 Å². The van der Waals surface area contributed by atoms with Gasteiger partial charge < -0.3 is 10.2 Å². The number of rotatable bonds is 7. The summed E-state index contributed by atoms with van der Waals surface area (Å²) in [5.41, 5.74) is 3.12. The molecule has 0 radical (unpaired) electrons. The lowest BCUT2D eigenvalue weighted by Gasteiger charge is -2.23. The number of aromatic nitrogens is 1. The van der Waals surface area contributed by atoms with E-state index in [2.05, 4.69) is 29.0 Å². The highest BCUT2D eigenvalue weighted by molar-refractivity contribution is 6.30. The van der Waals surface area contributed by atoms with Crippen LogP contribution in [0.25, 0.3) is 0 Å². The molecule has 0 atom stereocenters. The molecule has 1 heterocycles. The first-order valence-electron chi connectivity index (χ1n) is 8.33. The van der Waals surface area contributed by atoms with E-state index in [1.165, 1.54) is 0 Å². The van der Waals surface area contributed by atoms with E-state index in [0.29, 0.717) is 10.7 Å². The van der Waals surface area contributed by atoms with Crippen LogP contribution in [0.2, 0.25) is 5.02 Å². The maximum atomic E-state index is 12.4. The number of hydrogen-bond acceptors (Lipinski definition) is 3. The molecule has 1 N–H and O–H groups in total. The number of anilines is 2. The van der Waals surface area contributed by atoms with Crippen molar-refractivity contribution in [2.45, 2.75) is 33.6 Å². The molecule has 1 aromatic carbocycles. The number of amides is 1. The molecule has 2 rings (SSSR count). The van der Waals surface area contributed by atoms with Crippen LogP contribution in [0.15, 0.2) is 36.5 Å². The number of nitrogens with one attached hydrogen (secondary N) is 1. The van der Waals surface area contributed by atoms with Crippen molar-refractivity contribution in [3.05, 3.63) is 52.8 Å². The van der Waals surface area contributed by atoms with Crippen LogP contribution in [0.1, 0.15) is 42.7 Å². The van der Waals surface area contributed by atoms with Crippen LogP contribution in [0.3, 0.4) is 0 Å². The van der Waals surface area contributed by atoms with E-state index >= 15 is 0 Å². The Morgan fingerprint density at radius 1 is 1.17 bits per heavy atom. The zero-order chi connectivity index (χ0) is 17.5. The fourth-order valence-corrected chi connectivity index (χ4v) is 2.80. The number of aryl methyl sites for hydroxylation is 1. The Morgan fingerprint density at radius 2 is 1.88 bits per heavy atom. The summed E-state index contributed by atoms with van der Waals surface area (Å²) in [6.45, 7) is 8.21. The lowest BCUT2D eigenvalue weighted by Crippen LogP contribution is -2.25. The van der Waals surface area contributed by atoms with Gasteiger partial charge in [0.15, 0.2) is 0 Å². The molecule has 5 heteroatoms. The van der Waals surface area contributed by atoms with Crippen molar-refractivity contribution in [3.8, 4) is 0 Å². The molecule has 0 saturated heterocycles. The first kappa shape index (κ1) is 18.3. The second kappa shape index (κ2) is 8.69. The summed E-state index contributed by atoms with van der Waals surface area (Å²) in [5.74, 6) is -0.218. The summed E-state index contributed by atoms with van der Waals surface area (Å²) < 4.78 is 0. The van der Waals surface area contributed by atoms with Gasteiger partial charge in [0.1, 0.15) is 5.69 Å². The zero-order valence-corrected chi connectivity index (χ0v) is 15.2. The summed E-state index contributed by atoms with van der Waals surface area (Å²) in [7, 11) is 0. The van der Waals surface area contributed by atoms with Crippen molar-refractivity contribution in [3.63, 3.8) is 0 Å². The van der Waals surface area contributed by atoms with Gasteiger partial charge >= 0.3 is 0 Å². The zero-order valence-electron chi connectivity index (χ0n) is 14.5. The SMILES string of the molecule is CCCN(CCC)c1ccc(C(=O)Nc2ccc(Cl)cc2C)nc1. The fourth-order valence-electron chi connectivity index (χ4n) is 2.57. The summed E-state index contributed by atoms with van der Waals surface area (Å²) >= 11 is 5.94. The highest BCUT2D eigenvalue weighted by atomic mass is 35.5. The molecule has 24 heavy (non-hydrogen) atoms. The smallest absolute Gasteiger partial charge is 0.274 e. The van der Waals surface area contributed by atoms with Crippen LogP contribution in [0, 0.1) is 6.92 Å². The molecule has 0 unspecified atom stereocenters. The van der Waals surface area contributed by atoms with Crippen LogP contribution in [-0.4, -0.2) is 24.0 Å². The van der Waals surface area contributed by atoms with Gasteiger partial charge in [-0.25, -0.2) is 4.98 Å². The van der Waals surface area contributed by atoms with Crippen molar-refractivity contribution in [1.82, 2.24) is 4.98 Å². The number of carbonyl (C=O) groups is 1. The molecular formula is C19H24ClN3O. The number of benzene rings is 1. The molecule has 1 aromatic heterocycles. The molecule has 2 aromatic rings. The standard InChI is InChI=1S/C19H24ClN3O/c1-4-10-23(11-5-2)16-7-9-18(21-13-16)19(24)22-17-8-6-15(20)12-14(17)3/h6-9,12-13H,4-5,10-11H2,1-3H3,(H,22,24). The lowest BCUT2D eigenvalue weighted by atomic mass is 10.2. The first-order chi connectivity index (χ1) is 11.5. The van der Waals surface area contributed by atoms with Crippen molar-refractivity contribution in [2.24, 2.45) is 0 Å². The molecule has 0 aliphatic carbocycles. The third-order valence-electron chi connectivity index (χ3n) is 3.77. The molecule has 0 aliphatic rings. The summed E-state index contributed by atoms with van der Waals surface area (Å²) in [6.07, 6.45) is 3.94. The predicted octanol–water partition coefficient (Wildman–Crippen LogP) is 4.92. The topological polar surface area (TPSA) is 45.2 Å². The van der Waals surface area contributed by atoms with E-state index in [1.807, 2.05) is 19.1 Å². The summed E-state index contributed by atoms with van der Waals surface area (Å²) in [6, 6.07) is 9.11. The van der Waals surface area contributed by atoms with E-state index in [9.17, 15) is 4.79 Å². The first-order valence-corrected chi connectivity index (χ1v) is 8.71. The van der Waals surface area contributed by atoms with Gasteiger partial charge in [-0.1, -0.05) is 25.4 Å². The lowest BCUT2D eigenvalue weighted by molar-refractivity contribution is 0.102. The third-order valence-corrected chi connectivity index (χ3v) is 4.00. The Labute approximate surface area is 148 Å². The molecule has 128 valence electrons. The minimum atomic E-state index is -0.218. The van der Waals surface area contributed by atoms with E-state index in [1.54, 1.807) is 24.4 Å². The minimum Gasteiger partial charge on any atom is -0.370 e. The van der Waals surface area contributed by atoms with E-state index in [-0.39, 0.29) is 5.91 Å². The van der Waals surface area contributed by atoms with Gasteiger partial charge in [0, 0.05) is 23.8 Å². The summed E-state index contributed by atoms with van der Waals surface area (Å²) in [4.78, 5) is 19.0. The second-order valence-electron chi connectivity index (χ2n) is 5.80. The van der Waals surface area contributed by atoms with E-state index < -0.39 is 0 Å². The monoisotopic (exact) mass is 345 g/mol. The number of nitrogens with zero attached hydrogens (tertiary/aromatic N) is 2. The Morgan fingerprint density at radius 3 is 2.42 bits per heavy atom. The Hall–Kier alpha value is -2.07. The van der Waals surface area contributed by atoms with Crippen LogP contribution < -0.4 is 10.2 Å². The van der Waals surface area contributed by atoms with Crippen LogP contribution in [0.4, 0.5) is 11.4 Å². The van der Waals surface area contributed by atoms with Crippen molar-refractivity contribution in [2.75, 3.05) is 23.3 Å². The highest BCUT2D eigenvalue weighted by Gasteiger charge is 2.11. The third kappa shape index (κ3) is 4.71. The second-order valence-corrected chi connectivity index (χ2v) is 6.24. The van der Waals surface area contributed by atoms with Crippen LogP contribution >= 0.6 is 11.6 Å². The Bertz CT molecular complexity index is 680. The Balaban J connectivity index is 2.10. The van der Waals surface area contributed by atoms with Crippen molar-refractivity contribution in [1.29, 1.82) is 0 Å².